The third kappa shape index (κ3) is 5.08. The molecule has 5 nitrogen and oxygen atoms in total. The molecule has 1 fully saturated rings. The maximum absolute atomic E-state index is 12.6. The Kier molecular flexibility index (Phi) is 5.33. The van der Waals surface area contributed by atoms with Crippen LogP contribution in [-0.4, -0.2) is 29.6 Å². The van der Waals surface area contributed by atoms with E-state index in [1.165, 1.54) is 5.56 Å². The zero-order valence-electron chi connectivity index (χ0n) is 13.9. The van der Waals surface area contributed by atoms with Gasteiger partial charge in [-0.3, -0.25) is 4.79 Å². The van der Waals surface area contributed by atoms with Gasteiger partial charge in [0.2, 0.25) is 0 Å². The molecular weight excluding hydrogens is 318 g/mol. The molecule has 3 rings (SSSR count). The van der Waals surface area contributed by atoms with Gasteiger partial charge in [-0.15, -0.1) is 0 Å². The first kappa shape index (κ1) is 17.0. The summed E-state index contributed by atoms with van der Waals surface area (Å²) < 4.78 is 5.14. The molecule has 0 spiro atoms. The number of rotatable bonds is 8. The molecule has 1 amide bonds. The number of carboxylic acid groups (broad SMARTS) is 1. The molecule has 0 aliphatic heterocycles. The van der Waals surface area contributed by atoms with Crippen LogP contribution < -0.4 is 10.1 Å². The minimum atomic E-state index is -1.05. The standard InChI is InChI=1S/C20H21NO4/c22-19(23)13-25-17-8-4-7-16(12-17)20(24)21-18(15-9-10-15)11-14-5-2-1-3-6-14/h1-8,12,15,18H,9-11,13H2,(H,21,24)(H,22,23). The lowest BCUT2D eigenvalue weighted by Crippen LogP contribution is -2.38. The van der Waals surface area contributed by atoms with Crippen molar-refractivity contribution < 1.29 is 19.4 Å². The number of hydrogen-bond acceptors (Lipinski definition) is 3. The number of hydrogen-bond donors (Lipinski definition) is 2. The number of ether oxygens (including phenoxy) is 1. The zero-order valence-corrected chi connectivity index (χ0v) is 13.9. The molecular formula is C20H21NO4. The van der Waals surface area contributed by atoms with E-state index < -0.39 is 12.6 Å². The molecule has 2 aromatic rings. The van der Waals surface area contributed by atoms with Gasteiger partial charge in [0, 0.05) is 11.6 Å². The van der Waals surface area contributed by atoms with Crippen molar-refractivity contribution in [3.63, 3.8) is 0 Å². The van der Waals surface area contributed by atoms with Crippen molar-refractivity contribution in [2.45, 2.75) is 25.3 Å². The average Bonchev–Trinajstić information content (AvgIpc) is 3.45. The summed E-state index contributed by atoms with van der Waals surface area (Å²) in [6, 6.07) is 16.9. The Bertz CT molecular complexity index is 740. The summed E-state index contributed by atoms with van der Waals surface area (Å²) in [4.78, 5) is 23.2. The first-order valence-corrected chi connectivity index (χ1v) is 8.41. The molecule has 5 heteroatoms. The van der Waals surface area contributed by atoms with Crippen LogP contribution in [0.1, 0.15) is 28.8 Å². The van der Waals surface area contributed by atoms with Crippen molar-refractivity contribution in [1.82, 2.24) is 5.32 Å². The molecule has 1 saturated carbocycles. The molecule has 25 heavy (non-hydrogen) atoms. The largest absolute Gasteiger partial charge is 0.482 e. The number of carbonyl (C=O) groups excluding carboxylic acids is 1. The smallest absolute Gasteiger partial charge is 0.341 e. The predicted molar refractivity (Wildman–Crippen MR) is 93.7 cm³/mol. The third-order valence-corrected chi connectivity index (χ3v) is 4.26. The van der Waals surface area contributed by atoms with Crippen LogP contribution in [0.4, 0.5) is 0 Å². The Hall–Kier alpha value is -2.82. The van der Waals surface area contributed by atoms with Crippen molar-refractivity contribution in [1.29, 1.82) is 0 Å². The molecule has 0 radical (unpaired) electrons. The Morgan fingerprint density at radius 1 is 1.12 bits per heavy atom. The van der Waals surface area contributed by atoms with Crippen molar-refractivity contribution in [3.8, 4) is 5.75 Å². The van der Waals surface area contributed by atoms with Crippen LogP contribution in [0.25, 0.3) is 0 Å². The first-order valence-electron chi connectivity index (χ1n) is 8.41. The highest BCUT2D eigenvalue weighted by atomic mass is 16.5. The van der Waals surface area contributed by atoms with Crippen LogP contribution >= 0.6 is 0 Å². The molecule has 0 saturated heterocycles. The Morgan fingerprint density at radius 2 is 1.88 bits per heavy atom. The van der Waals surface area contributed by atoms with E-state index in [0.29, 0.717) is 17.2 Å². The lowest BCUT2D eigenvalue weighted by atomic mass is 10.0. The van der Waals surface area contributed by atoms with Gasteiger partial charge in [0.05, 0.1) is 0 Å². The van der Waals surface area contributed by atoms with Crippen molar-refractivity contribution in [3.05, 3.63) is 65.7 Å². The molecule has 0 bridgehead atoms. The van der Waals surface area contributed by atoms with Gasteiger partial charge in [0.1, 0.15) is 5.75 Å². The molecule has 2 N–H and O–H groups in total. The average molecular weight is 339 g/mol. The van der Waals surface area contributed by atoms with E-state index in [1.54, 1.807) is 24.3 Å². The summed E-state index contributed by atoms with van der Waals surface area (Å²) in [5, 5.41) is 11.8. The van der Waals surface area contributed by atoms with Gasteiger partial charge in [-0.1, -0.05) is 36.4 Å². The van der Waals surface area contributed by atoms with Crippen LogP contribution in [0, 0.1) is 5.92 Å². The van der Waals surface area contributed by atoms with E-state index in [2.05, 4.69) is 17.4 Å². The normalized spacial score (nSPS) is 14.6. The summed E-state index contributed by atoms with van der Waals surface area (Å²) in [6.45, 7) is -0.427. The predicted octanol–water partition coefficient (Wildman–Crippen LogP) is 2.90. The maximum Gasteiger partial charge on any atom is 0.341 e. The zero-order chi connectivity index (χ0) is 17.6. The fraction of sp³-hybridized carbons (Fsp3) is 0.300. The van der Waals surface area contributed by atoms with Crippen molar-refractivity contribution in [2.75, 3.05) is 6.61 Å². The number of benzene rings is 2. The van der Waals surface area contributed by atoms with E-state index in [-0.39, 0.29) is 11.9 Å². The van der Waals surface area contributed by atoms with Crippen LogP contribution in [0.5, 0.6) is 5.75 Å². The van der Waals surface area contributed by atoms with E-state index in [0.717, 1.165) is 19.3 Å². The highest BCUT2D eigenvalue weighted by Gasteiger charge is 2.32. The van der Waals surface area contributed by atoms with Gasteiger partial charge in [-0.05, 0) is 48.9 Å². The van der Waals surface area contributed by atoms with Gasteiger partial charge in [0.15, 0.2) is 6.61 Å². The van der Waals surface area contributed by atoms with Gasteiger partial charge in [-0.2, -0.15) is 0 Å². The second-order valence-corrected chi connectivity index (χ2v) is 6.32. The third-order valence-electron chi connectivity index (χ3n) is 4.26. The Balaban J connectivity index is 1.65. The highest BCUT2D eigenvalue weighted by molar-refractivity contribution is 5.94. The summed E-state index contributed by atoms with van der Waals surface area (Å²) >= 11 is 0. The molecule has 0 aromatic heterocycles. The molecule has 130 valence electrons. The van der Waals surface area contributed by atoms with E-state index >= 15 is 0 Å². The molecule has 1 aliphatic carbocycles. The number of nitrogens with one attached hydrogen (secondary N) is 1. The van der Waals surface area contributed by atoms with E-state index in [1.807, 2.05) is 18.2 Å². The Labute approximate surface area is 146 Å². The van der Waals surface area contributed by atoms with Gasteiger partial charge >= 0.3 is 5.97 Å². The fourth-order valence-electron chi connectivity index (χ4n) is 2.83. The SMILES string of the molecule is O=C(O)COc1cccc(C(=O)NC(Cc2ccccc2)C2CC2)c1. The van der Waals surface area contributed by atoms with Crippen LogP contribution in [0.3, 0.4) is 0 Å². The molecule has 2 aromatic carbocycles. The van der Waals surface area contributed by atoms with E-state index in [9.17, 15) is 9.59 Å². The Morgan fingerprint density at radius 3 is 2.56 bits per heavy atom. The molecule has 0 heterocycles. The monoisotopic (exact) mass is 339 g/mol. The lowest BCUT2D eigenvalue weighted by molar-refractivity contribution is -0.139. The van der Waals surface area contributed by atoms with Gasteiger partial charge < -0.3 is 15.2 Å². The minimum Gasteiger partial charge on any atom is -0.482 e. The number of carbonyl (C=O) groups is 2. The number of carboxylic acids is 1. The lowest BCUT2D eigenvalue weighted by Gasteiger charge is -2.19. The first-order chi connectivity index (χ1) is 12.1. The van der Waals surface area contributed by atoms with Crippen LogP contribution in [0.2, 0.25) is 0 Å². The van der Waals surface area contributed by atoms with Gasteiger partial charge in [0.25, 0.3) is 5.91 Å². The summed E-state index contributed by atoms with van der Waals surface area (Å²) in [5.41, 5.74) is 1.68. The number of amides is 1. The van der Waals surface area contributed by atoms with E-state index in [4.69, 9.17) is 9.84 Å². The summed E-state index contributed by atoms with van der Waals surface area (Å²) in [5.74, 6) is -0.309. The minimum absolute atomic E-state index is 0.110. The topological polar surface area (TPSA) is 75.6 Å². The fourth-order valence-corrected chi connectivity index (χ4v) is 2.83. The van der Waals surface area contributed by atoms with Crippen LogP contribution in [-0.2, 0) is 11.2 Å². The molecule has 1 aliphatic rings. The molecule has 1 atom stereocenters. The second kappa shape index (κ2) is 7.83. The summed E-state index contributed by atoms with van der Waals surface area (Å²) in [7, 11) is 0. The number of aliphatic carboxylic acids is 1. The second-order valence-electron chi connectivity index (χ2n) is 6.32. The van der Waals surface area contributed by atoms with Crippen molar-refractivity contribution in [2.24, 2.45) is 5.92 Å². The highest BCUT2D eigenvalue weighted by Crippen LogP contribution is 2.34. The van der Waals surface area contributed by atoms with Crippen molar-refractivity contribution >= 4 is 11.9 Å². The quantitative estimate of drug-likeness (QED) is 0.775. The van der Waals surface area contributed by atoms with Crippen LogP contribution in [0.15, 0.2) is 54.6 Å². The summed E-state index contributed by atoms with van der Waals surface area (Å²) in [6.07, 6.45) is 3.09. The molecule has 1 unspecified atom stereocenters. The maximum atomic E-state index is 12.6. The van der Waals surface area contributed by atoms with Gasteiger partial charge in [-0.25, -0.2) is 4.79 Å².